The van der Waals surface area contributed by atoms with E-state index >= 15 is 0 Å². The number of halogens is 1. The Morgan fingerprint density at radius 2 is 2.44 bits per heavy atom. The lowest BCUT2D eigenvalue weighted by atomic mass is 10.1. The molecule has 82 valence electrons. The molecule has 1 saturated heterocycles. The summed E-state index contributed by atoms with van der Waals surface area (Å²) in [5.41, 5.74) is 0.807. The van der Waals surface area contributed by atoms with E-state index in [0.717, 1.165) is 10.2 Å². The van der Waals surface area contributed by atoms with Gasteiger partial charge >= 0.3 is 0 Å². The minimum absolute atomic E-state index is 0.00956. The van der Waals surface area contributed by atoms with Crippen LogP contribution in [0.2, 0.25) is 0 Å². The SMILES string of the molecule is C#CC1CC(=O)N(c2ncc(Br)c(C)n2)C1. The van der Waals surface area contributed by atoms with Gasteiger partial charge in [0.2, 0.25) is 11.9 Å². The highest BCUT2D eigenvalue weighted by Gasteiger charge is 2.31. The Hall–Kier alpha value is -1.41. The summed E-state index contributed by atoms with van der Waals surface area (Å²) in [6.07, 6.45) is 7.34. The van der Waals surface area contributed by atoms with Crippen LogP contribution in [-0.4, -0.2) is 22.4 Å². The summed E-state index contributed by atoms with van der Waals surface area (Å²) in [5, 5.41) is 0. The fourth-order valence-electron chi connectivity index (χ4n) is 1.58. The van der Waals surface area contributed by atoms with E-state index in [1.54, 1.807) is 11.1 Å². The third-order valence-corrected chi connectivity index (χ3v) is 3.29. The smallest absolute Gasteiger partial charge is 0.232 e. The summed E-state index contributed by atoms with van der Waals surface area (Å²) in [6, 6.07) is 0. The first-order chi connectivity index (χ1) is 7.61. The first-order valence-electron chi connectivity index (χ1n) is 4.87. The lowest BCUT2D eigenvalue weighted by Gasteiger charge is -2.13. The largest absolute Gasteiger partial charge is 0.279 e. The number of nitrogens with zero attached hydrogens (tertiary/aromatic N) is 3. The minimum Gasteiger partial charge on any atom is -0.279 e. The van der Waals surface area contributed by atoms with Crippen LogP contribution in [0, 0.1) is 25.2 Å². The van der Waals surface area contributed by atoms with Crippen LogP contribution in [0.25, 0.3) is 0 Å². The van der Waals surface area contributed by atoms with Crippen LogP contribution >= 0.6 is 15.9 Å². The van der Waals surface area contributed by atoms with Crippen molar-refractivity contribution in [1.82, 2.24) is 9.97 Å². The van der Waals surface area contributed by atoms with E-state index in [9.17, 15) is 4.79 Å². The third kappa shape index (κ3) is 1.93. The molecule has 0 N–H and O–H groups in total. The summed E-state index contributed by atoms with van der Waals surface area (Å²) >= 11 is 3.32. The van der Waals surface area contributed by atoms with Crippen molar-refractivity contribution in [2.75, 3.05) is 11.4 Å². The van der Waals surface area contributed by atoms with Gasteiger partial charge in [0.05, 0.1) is 10.2 Å². The molecule has 1 aromatic rings. The summed E-state index contributed by atoms with van der Waals surface area (Å²) in [5.74, 6) is 2.99. The molecule has 4 nitrogen and oxygen atoms in total. The fourth-order valence-corrected chi connectivity index (χ4v) is 1.77. The number of rotatable bonds is 1. The van der Waals surface area contributed by atoms with E-state index in [1.807, 2.05) is 6.92 Å². The van der Waals surface area contributed by atoms with Gasteiger partial charge in [0.1, 0.15) is 0 Å². The highest BCUT2D eigenvalue weighted by Crippen LogP contribution is 2.23. The van der Waals surface area contributed by atoms with E-state index in [-0.39, 0.29) is 11.8 Å². The van der Waals surface area contributed by atoms with Gasteiger partial charge in [-0.05, 0) is 22.9 Å². The molecule has 0 radical (unpaired) electrons. The minimum atomic E-state index is -0.0277. The maximum Gasteiger partial charge on any atom is 0.232 e. The molecule has 0 bridgehead atoms. The van der Waals surface area contributed by atoms with Crippen molar-refractivity contribution in [3.8, 4) is 12.3 Å². The Kier molecular flexibility index (Phi) is 2.92. The zero-order valence-electron chi connectivity index (χ0n) is 8.77. The average Bonchev–Trinajstić information content (AvgIpc) is 2.64. The molecule has 16 heavy (non-hydrogen) atoms. The first kappa shape index (κ1) is 11.1. The monoisotopic (exact) mass is 279 g/mol. The van der Waals surface area contributed by atoms with Gasteiger partial charge in [-0.25, -0.2) is 9.97 Å². The Bertz CT molecular complexity index is 481. The van der Waals surface area contributed by atoms with Crippen molar-refractivity contribution in [2.45, 2.75) is 13.3 Å². The quantitative estimate of drug-likeness (QED) is 0.733. The van der Waals surface area contributed by atoms with Crippen LogP contribution in [0.4, 0.5) is 5.95 Å². The second-order valence-electron chi connectivity index (χ2n) is 3.68. The number of carbonyl (C=O) groups excluding carboxylic acids is 1. The molecule has 1 aromatic heterocycles. The van der Waals surface area contributed by atoms with Gasteiger partial charge in [0, 0.05) is 25.1 Å². The number of aryl methyl sites for hydroxylation is 1. The van der Waals surface area contributed by atoms with Crippen molar-refractivity contribution in [2.24, 2.45) is 5.92 Å². The highest BCUT2D eigenvalue weighted by atomic mass is 79.9. The van der Waals surface area contributed by atoms with Crippen LogP contribution in [-0.2, 0) is 4.79 Å². The molecule has 2 heterocycles. The van der Waals surface area contributed by atoms with Gasteiger partial charge in [-0.1, -0.05) is 0 Å². The van der Waals surface area contributed by atoms with E-state index in [0.29, 0.717) is 18.9 Å². The predicted octanol–water partition coefficient (Wildman–Crippen LogP) is 1.53. The molecule has 2 rings (SSSR count). The predicted molar refractivity (Wildman–Crippen MR) is 63.8 cm³/mol. The van der Waals surface area contributed by atoms with E-state index in [4.69, 9.17) is 6.42 Å². The van der Waals surface area contributed by atoms with Gasteiger partial charge in [-0.3, -0.25) is 9.69 Å². The van der Waals surface area contributed by atoms with Crippen LogP contribution in [0.5, 0.6) is 0 Å². The van der Waals surface area contributed by atoms with E-state index in [1.165, 1.54) is 0 Å². The first-order valence-corrected chi connectivity index (χ1v) is 5.66. The highest BCUT2D eigenvalue weighted by molar-refractivity contribution is 9.10. The number of anilines is 1. The Balaban J connectivity index is 2.29. The number of aromatic nitrogens is 2. The summed E-state index contributed by atoms with van der Waals surface area (Å²) in [7, 11) is 0. The van der Waals surface area contributed by atoms with Crippen LogP contribution < -0.4 is 4.90 Å². The third-order valence-electron chi connectivity index (χ3n) is 2.51. The maximum absolute atomic E-state index is 11.7. The molecule has 0 spiro atoms. The van der Waals surface area contributed by atoms with Crippen LogP contribution in [0.3, 0.4) is 0 Å². The molecule has 1 aliphatic heterocycles. The van der Waals surface area contributed by atoms with Crippen molar-refractivity contribution in [3.05, 3.63) is 16.4 Å². The second kappa shape index (κ2) is 4.22. The van der Waals surface area contributed by atoms with Gasteiger partial charge in [-0.2, -0.15) is 0 Å². The molecule has 1 amide bonds. The molecule has 0 saturated carbocycles. The number of amides is 1. The summed E-state index contributed by atoms with van der Waals surface area (Å²) < 4.78 is 0.830. The number of hydrogen-bond donors (Lipinski definition) is 0. The fraction of sp³-hybridized carbons (Fsp3) is 0.364. The molecular formula is C11H10BrN3O. The lowest BCUT2D eigenvalue weighted by molar-refractivity contribution is -0.117. The van der Waals surface area contributed by atoms with E-state index in [2.05, 4.69) is 31.8 Å². The normalized spacial score (nSPS) is 19.9. The lowest BCUT2D eigenvalue weighted by Crippen LogP contribution is -2.26. The van der Waals surface area contributed by atoms with Gasteiger partial charge in [-0.15, -0.1) is 12.3 Å². The van der Waals surface area contributed by atoms with Gasteiger partial charge < -0.3 is 0 Å². The topological polar surface area (TPSA) is 46.1 Å². The maximum atomic E-state index is 11.7. The molecule has 1 aliphatic rings. The van der Waals surface area contributed by atoms with Crippen molar-refractivity contribution in [3.63, 3.8) is 0 Å². The number of terminal acetylenes is 1. The molecule has 5 heteroatoms. The van der Waals surface area contributed by atoms with Crippen LogP contribution in [0.15, 0.2) is 10.7 Å². The van der Waals surface area contributed by atoms with Crippen molar-refractivity contribution in [1.29, 1.82) is 0 Å². The van der Waals surface area contributed by atoms with Crippen molar-refractivity contribution >= 4 is 27.8 Å². The standard InChI is InChI=1S/C11H10BrN3O/c1-3-8-4-10(16)15(6-8)11-13-5-9(12)7(2)14-11/h1,5,8H,4,6H2,2H3. The zero-order valence-corrected chi connectivity index (χ0v) is 10.4. The Labute approximate surface area is 102 Å². The van der Waals surface area contributed by atoms with Gasteiger partial charge in [0.15, 0.2) is 0 Å². The van der Waals surface area contributed by atoms with E-state index < -0.39 is 0 Å². The Morgan fingerprint density at radius 1 is 1.69 bits per heavy atom. The summed E-state index contributed by atoms with van der Waals surface area (Å²) in [4.78, 5) is 21.6. The molecular weight excluding hydrogens is 270 g/mol. The second-order valence-corrected chi connectivity index (χ2v) is 4.53. The Morgan fingerprint density at radius 3 is 3.00 bits per heavy atom. The molecule has 0 aliphatic carbocycles. The van der Waals surface area contributed by atoms with Crippen LogP contribution in [0.1, 0.15) is 12.1 Å². The summed E-state index contributed by atoms with van der Waals surface area (Å²) in [6.45, 7) is 2.37. The van der Waals surface area contributed by atoms with Crippen molar-refractivity contribution < 1.29 is 4.79 Å². The average molecular weight is 280 g/mol. The number of hydrogen-bond acceptors (Lipinski definition) is 3. The zero-order chi connectivity index (χ0) is 11.7. The van der Waals surface area contributed by atoms with Gasteiger partial charge in [0.25, 0.3) is 0 Å². The molecule has 1 atom stereocenters. The molecule has 1 fully saturated rings. The molecule has 0 aromatic carbocycles. The molecule has 1 unspecified atom stereocenters. The number of carbonyl (C=O) groups is 1.